The molecule has 126 valence electrons. The lowest BCUT2D eigenvalue weighted by atomic mass is 9.97. The van der Waals surface area contributed by atoms with E-state index in [2.05, 4.69) is 15.6 Å². The third-order valence-electron chi connectivity index (χ3n) is 4.50. The minimum atomic E-state index is -0.121. The van der Waals surface area contributed by atoms with Crippen molar-refractivity contribution in [2.45, 2.75) is 19.4 Å². The van der Waals surface area contributed by atoms with Crippen LogP contribution in [0.5, 0.6) is 0 Å². The normalized spacial score (nSPS) is 17.5. The van der Waals surface area contributed by atoms with Crippen LogP contribution in [0.15, 0.2) is 36.5 Å². The summed E-state index contributed by atoms with van der Waals surface area (Å²) in [7, 11) is 1.63. The van der Waals surface area contributed by atoms with Crippen molar-refractivity contribution in [1.82, 2.24) is 20.5 Å². The fourth-order valence-electron chi connectivity index (χ4n) is 3.17. The van der Waals surface area contributed by atoms with Crippen LogP contribution in [0.3, 0.4) is 0 Å². The van der Waals surface area contributed by atoms with Crippen LogP contribution in [0, 0.1) is 5.92 Å². The second-order valence-corrected chi connectivity index (χ2v) is 6.05. The van der Waals surface area contributed by atoms with Crippen LogP contribution in [0.2, 0.25) is 0 Å². The van der Waals surface area contributed by atoms with Crippen molar-refractivity contribution in [2.75, 3.05) is 20.1 Å². The first-order chi connectivity index (χ1) is 11.7. The van der Waals surface area contributed by atoms with Gasteiger partial charge in [0.05, 0.1) is 11.4 Å². The number of rotatable bonds is 3. The Labute approximate surface area is 141 Å². The Morgan fingerprint density at radius 2 is 2.12 bits per heavy atom. The van der Waals surface area contributed by atoms with E-state index in [9.17, 15) is 9.59 Å². The molecule has 0 saturated carbocycles. The maximum atomic E-state index is 12.4. The standard InChI is InChI=1S/C18H22N4O2/c1-19-17(23)14-5-4-10-22(12-14)18(24)21-11-13-8-9-20-16-7-3-2-6-15(13)16/h2-3,6-9,14H,4-5,10-12H2,1H3,(H,19,23)(H,21,24). The molecule has 1 aromatic carbocycles. The van der Waals surface area contributed by atoms with Crippen LogP contribution in [-0.2, 0) is 11.3 Å². The Kier molecular flexibility index (Phi) is 4.93. The molecular weight excluding hydrogens is 304 g/mol. The lowest BCUT2D eigenvalue weighted by Gasteiger charge is -2.31. The first kappa shape index (κ1) is 16.2. The van der Waals surface area contributed by atoms with E-state index in [1.54, 1.807) is 18.1 Å². The second-order valence-electron chi connectivity index (χ2n) is 6.05. The van der Waals surface area contributed by atoms with Crippen LogP contribution >= 0.6 is 0 Å². The quantitative estimate of drug-likeness (QED) is 0.905. The highest BCUT2D eigenvalue weighted by Gasteiger charge is 2.27. The fraction of sp³-hybridized carbons (Fsp3) is 0.389. The molecular formula is C18H22N4O2. The van der Waals surface area contributed by atoms with Gasteiger partial charge in [-0.05, 0) is 30.5 Å². The summed E-state index contributed by atoms with van der Waals surface area (Å²) >= 11 is 0. The molecule has 0 radical (unpaired) electrons. The second kappa shape index (κ2) is 7.29. The molecule has 3 amide bonds. The van der Waals surface area contributed by atoms with Crippen LogP contribution in [-0.4, -0.2) is 42.0 Å². The van der Waals surface area contributed by atoms with Crippen molar-refractivity contribution < 1.29 is 9.59 Å². The molecule has 1 aliphatic rings. The minimum absolute atomic E-state index is 0.00706. The van der Waals surface area contributed by atoms with E-state index in [4.69, 9.17) is 0 Å². The molecule has 1 fully saturated rings. The molecule has 1 aromatic heterocycles. The third kappa shape index (κ3) is 3.48. The number of pyridine rings is 1. The first-order valence-corrected chi connectivity index (χ1v) is 8.26. The summed E-state index contributed by atoms with van der Waals surface area (Å²) in [6, 6.07) is 9.68. The highest BCUT2D eigenvalue weighted by Crippen LogP contribution is 2.18. The van der Waals surface area contributed by atoms with E-state index in [-0.39, 0.29) is 17.9 Å². The third-order valence-corrected chi connectivity index (χ3v) is 4.50. The van der Waals surface area contributed by atoms with Crippen LogP contribution < -0.4 is 10.6 Å². The summed E-state index contributed by atoms with van der Waals surface area (Å²) in [6.45, 7) is 1.61. The fourth-order valence-corrected chi connectivity index (χ4v) is 3.17. The van der Waals surface area contributed by atoms with Crippen molar-refractivity contribution in [3.05, 3.63) is 42.1 Å². The Morgan fingerprint density at radius 1 is 1.29 bits per heavy atom. The van der Waals surface area contributed by atoms with Gasteiger partial charge in [-0.1, -0.05) is 18.2 Å². The Morgan fingerprint density at radius 3 is 2.96 bits per heavy atom. The maximum absolute atomic E-state index is 12.4. The summed E-state index contributed by atoms with van der Waals surface area (Å²) in [6.07, 6.45) is 3.44. The molecule has 1 aliphatic heterocycles. The van der Waals surface area contributed by atoms with Gasteiger partial charge in [-0.3, -0.25) is 9.78 Å². The maximum Gasteiger partial charge on any atom is 0.317 e. The summed E-state index contributed by atoms with van der Waals surface area (Å²) in [5, 5.41) is 6.68. The number of fused-ring (bicyclic) bond motifs is 1. The van der Waals surface area contributed by atoms with Crippen molar-refractivity contribution >= 4 is 22.8 Å². The number of nitrogens with zero attached hydrogens (tertiary/aromatic N) is 2. The zero-order valence-corrected chi connectivity index (χ0v) is 13.8. The van der Waals surface area contributed by atoms with Gasteiger partial charge < -0.3 is 15.5 Å². The van der Waals surface area contributed by atoms with Crippen molar-refractivity contribution in [3.63, 3.8) is 0 Å². The molecule has 6 heteroatoms. The molecule has 1 unspecified atom stereocenters. The van der Waals surface area contributed by atoms with E-state index in [0.717, 1.165) is 29.3 Å². The first-order valence-electron chi connectivity index (χ1n) is 8.26. The molecule has 0 spiro atoms. The van der Waals surface area contributed by atoms with Gasteiger partial charge in [-0.25, -0.2) is 4.79 Å². The molecule has 1 saturated heterocycles. The Balaban J connectivity index is 1.63. The lowest BCUT2D eigenvalue weighted by Crippen LogP contribution is -2.48. The van der Waals surface area contributed by atoms with Crippen LogP contribution in [0.1, 0.15) is 18.4 Å². The molecule has 24 heavy (non-hydrogen) atoms. The molecule has 3 rings (SSSR count). The van der Waals surface area contributed by atoms with E-state index in [0.29, 0.717) is 19.6 Å². The number of likely N-dealkylation sites (tertiary alicyclic amines) is 1. The summed E-state index contributed by atoms with van der Waals surface area (Å²) < 4.78 is 0. The summed E-state index contributed by atoms with van der Waals surface area (Å²) in [4.78, 5) is 30.3. The lowest BCUT2D eigenvalue weighted by molar-refractivity contribution is -0.125. The molecule has 1 atom stereocenters. The number of carbonyl (C=O) groups excluding carboxylic acids is 2. The Hall–Kier alpha value is -2.63. The largest absolute Gasteiger partial charge is 0.359 e. The number of urea groups is 1. The highest BCUT2D eigenvalue weighted by molar-refractivity contribution is 5.83. The molecule has 2 N–H and O–H groups in total. The van der Waals surface area contributed by atoms with Gasteiger partial charge in [0, 0.05) is 38.3 Å². The van der Waals surface area contributed by atoms with Gasteiger partial charge in [0.25, 0.3) is 0 Å². The van der Waals surface area contributed by atoms with Gasteiger partial charge >= 0.3 is 6.03 Å². The number of aromatic nitrogens is 1. The van der Waals surface area contributed by atoms with Crippen molar-refractivity contribution in [1.29, 1.82) is 0 Å². The van der Waals surface area contributed by atoms with E-state index >= 15 is 0 Å². The average molecular weight is 326 g/mol. The number of amides is 3. The number of para-hydroxylation sites is 1. The molecule has 6 nitrogen and oxygen atoms in total. The van der Waals surface area contributed by atoms with Gasteiger partial charge in [0.2, 0.25) is 5.91 Å². The zero-order valence-electron chi connectivity index (χ0n) is 13.8. The monoisotopic (exact) mass is 326 g/mol. The predicted molar refractivity (Wildman–Crippen MR) is 92.3 cm³/mol. The Bertz CT molecular complexity index is 741. The highest BCUT2D eigenvalue weighted by atomic mass is 16.2. The van der Waals surface area contributed by atoms with Gasteiger partial charge in [-0.15, -0.1) is 0 Å². The molecule has 2 heterocycles. The van der Waals surface area contributed by atoms with E-state index in [1.807, 2.05) is 30.3 Å². The SMILES string of the molecule is CNC(=O)C1CCCN(C(=O)NCc2ccnc3ccccc23)C1. The molecule has 0 bridgehead atoms. The van der Waals surface area contributed by atoms with Crippen LogP contribution in [0.4, 0.5) is 4.79 Å². The minimum Gasteiger partial charge on any atom is -0.359 e. The van der Waals surface area contributed by atoms with Gasteiger partial charge in [0.15, 0.2) is 0 Å². The number of hydrogen-bond donors (Lipinski definition) is 2. The average Bonchev–Trinajstić information content (AvgIpc) is 2.65. The summed E-state index contributed by atoms with van der Waals surface area (Å²) in [5.41, 5.74) is 1.95. The zero-order chi connectivity index (χ0) is 16.9. The smallest absolute Gasteiger partial charge is 0.317 e. The number of nitrogens with one attached hydrogen (secondary N) is 2. The van der Waals surface area contributed by atoms with Crippen molar-refractivity contribution in [3.8, 4) is 0 Å². The number of piperidine rings is 1. The van der Waals surface area contributed by atoms with Gasteiger partial charge in [0.1, 0.15) is 0 Å². The van der Waals surface area contributed by atoms with Crippen molar-refractivity contribution in [2.24, 2.45) is 5.92 Å². The van der Waals surface area contributed by atoms with E-state index < -0.39 is 0 Å². The predicted octanol–water partition coefficient (Wildman–Crippen LogP) is 1.90. The molecule has 0 aliphatic carbocycles. The summed E-state index contributed by atoms with van der Waals surface area (Å²) in [5.74, 6) is -0.108. The topological polar surface area (TPSA) is 74.3 Å². The number of carbonyl (C=O) groups is 2. The van der Waals surface area contributed by atoms with E-state index in [1.165, 1.54) is 0 Å². The van der Waals surface area contributed by atoms with Crippen LogP contribution in [0.25, 0.3) is 10.9 Å². The molecule has 2 aromatic rings. The number of benzene rings is 1. The van der Waals surface area contributed by atoms with Gasteiger partial charge in [-0.2, -0.15) is 0 Å². The number of hydrogen-bond acceptors (Lipinski definition) is 3.